The number of morpholine rings is 1. The molecule has 0 radical (unpaired) electrons. The molecule has 2 fully saturated rings. The van der Waals surface area contributed by atoms with Crippen LogP contribution in [0.25, 0.3) is 0 Å². The zero-order valence-corrected chi connectivity index (χ0v) is 18.5. The van der Waals surface area contributed by atoms with Gasteiger partial charge in [-0.3, -0.25) is 5.32 Å². The minimum Gasteiger partial charge on any atom is -0.377 e. The van der Waals surface area contributed by atoms with Gasteiger partial charge in [0, 0.05) is 16.7 Å². The molecule has 1 aliphatic carbocycles. The second-order valence-electron chi connectivity index (χ2n) is 8.50. The summed E-state index contributed by atoms with van der Waals surface area (Å²) in [6.07, 6.45) is 2.10. The van der Waals surface area contributed by atoms with Crippen molar-refractivity contribution >= 4 is 29.0 Å². The van der Waals surface area contributed by atoms with Gasteiger partial charge in [-0.1, -0.05) is 72.9 Å². The van der Waals surface area contributed by atoms with Crippen LogP contribution in [-0.4, -0.2) is 30.3 Å². The number of ether oxygens (including phenoxy) is 1. The van der Waals surface area contributed by atoms with Crippen LogP contribution in [0.4, 0.5) is 10.1 Å². The lowest BCUT2D eigenvalue weighted by molar-refractivity contribution is 0.000930. The Hall–Kier alpha value is -2.73. The van der Waals surface area contributed by atoms with E-state index < -0.39 is 5.54 Å². The average Bonchev–Trinajstić information content (AvgIpc) is 3.71. The highest BCUT2D eigenvalue weighted by Crippen LogP contribution is 2.48. The maximum absolute atomic E-state index is 15.2. The van der Waals surface area contributed by atoms with Crippen LogP contribution in [-0.2, 0) is 10.3 Å². The monoisotopic (exact) mass is 444 g/mol. The summed E-state index contributed by atoms with van der Waals surface area (Å²) >= 11 is 5.17. The number of halogens is 1. The van der Waals surface area contributed by atoms with Crippen LogP contribution >= 0.6 is 12.2 Å². The highest BCUT2D eigenvalue weighted by Gasteiger charge is 2.50. The molecule has 1 saturated heterocycles. The molecule has 0 amide bonds. The van der Waals surface area contributed by atoms with Crippen LogP contribution in [0.5, 0.6) is 0 Å². The van der Waals surface area contributed by atoms with Crippen molar-refractivity contribution in [3.63, 3.8) is 0 Å². The zero-order valence-electron chi connectivity index (χ0n) is 17.7. The van der Waals surface area contributed by atoms with E-state index in [1.54, 1.807) is 11.4 Å². The van der Waals surface area contributed by atoms with Crippen LogP contribution in [0.1, 0.15) is 29.5 Å². The third kappa shape index (κ3) is 4.16. The van der Waals surface area contributed by atoms with E-state index in [0.717, 1.165) is 35.4 Å². The van der Waals surface area contributed by atoms with Crippen molar-refractivity contribution in [2.45, 2.75) is 24.4 Å². The molecule has 0 aromatic heterocycles. The Balaban J connectivity index is 1.61. The van der Waals surface area contributed by atoms with Gasteiger partial charge in [-0.15, -0.1) is 0 Å². The number of hydrogen-bond acceptors (Lipinski definition) is 4. The summed E-state index contributed by atoms with van der Waals surface area (Å²) in [5, 5.41) is 5.29. The summed E-state index contributed by atoms with van der Waals surface area (Å²) in [7, 11) is 0. The number of nitrogens with one attached hydrogen (secondary N) is 1. The molecule has 162 valence electrons. The lowest BCUT2D eigenvalue weighted by Gasteiger charge is -2.42. The highest BCUT2D eigenvalue weighted by atomic mass is 32.1. The van der Waals surface area contributed by atoms with Gasteiger partial charge in [0.25, 0.3) is 0 Å². The van der Waals surface area contributed by atoms with Crippen LogP contribution in [0.3, 0.4) is 0 Å². The molecule has 3 aromatic carbocycles. The normalized spacial score (nSPS) is 22.8. The van der Waals surface area contributed by atoms with Gasteiger partial charge in [0.15, 0.2) is 0 Å². The summed E-state index contributed by atoms with van der Waals surface area (Å²) in [6.45, 7) is 0.954. The summed E-state index contributed by atoms with van der Waals surface area (Å²) in [4.78, 5) is 5.00. The minimum atomic E-state index is -0.576. The number of aliphatic imine (C=N–C) groups is 1. The number of hydrogen-bond donors (Lipinski definition) is 1. The molecule has 0 bridgehead atoms. The number of rotatable bonds is 6. The van der Waals surface area contributed by atoms with E-state index in [1.165, 1.54) is 6.07 Å². The third-order valence-corrected chi connectivity index (χ3v) is 6.60. The maximum Gasteiger partial charge on any atom is 0.128 e. The fraction of sp³-hybridized carbons (Fsp3) is 0.259. The number of thiocarbonyl (C=S) groups is 1. The maximum atomic E-state index is 15.2. The predicted molar refractivity (Wildman–Crippen MR) is 130 cm³/mol. The lowest BCUT2D eigenvalue weighted by Crippen LogP contribution is -2.59. The molecule has 3 nitrogen and oxygen atoms in total. The first-order valence-corrected chi connectivity index (χ1v) is 11.5. The first-order valence-electron chi connectivity index (χ1n) is 11.0. The van der Waals surface area contributed by atoms with Crippen molar-refractivity contribution < 1.29 is 9.13 Å². The van der Waals surface area contributed by atoms with Gasteiger partial charge in [-0.2, -0.15) is 0 Å². The fourth-order valence-electron chi connectivity index (χ4n) is 4.56. The molecule has 1 N–H and O–H groups in total. The first kappa shape index (κ1) is 21.1. The number of benzene rings is 3. The van der Waals surface area contributed by atoms with Crippen molar-refractivity contribution in [1.82, 2.24) is 5.32 Å². The Morgan fingerprint density at radius 2 is 1.66 bits per heavy atom. The second kappa shape index (κ2) is 9.02. The Bertz CT molecular complexity index is 1090. The van der Waals surface area contributed by atoms with Gasteiger partial charge in [0.1, 0.15) is 5.82 Å². The van der Waals surface area contributed by atoms with E-state index in [2.05, 4.69) is 5.32 Å². The van der Waals surface area contributed by atoms with Crippen LogP contribution in [0, 0.1) is 11.7 Å². The molecule has 3 aromatic rings. The largest absolute Gasteiger partial charge is 0.377 e. The summed E-state index contributed by atoms with van der Waals surface area (Å²) < 4.78 is 21.1. The second-order valence-corrected chi connectivity index (χ2v) is 8.78. The quantitative estimate of drug-likeness (QED) is 0.398. The molecule has 0 spiro atoms. The molecule has 1 heterocycles. The van der Waals surface area contributed by atoms with Crippen LogP contribution in [0.15, 0.2) is 83.9 Å². The Labute approximate surface area is 193 Å². The standard InChI is InChI=1S/C27H25FN2OS/c28-25-14-13-22(15-24(25)27(21-11-12-21)18-31-16-23(17-32)30-27)29-26(19-7-3-1-4-8-19)20-9-5-2-6-10-20/h1-10,13-15,17,21,23,30H,11-12,16,18H2. The van der Waals surface area contributed by atoms with E-state index in [9.17, 15) is 0 Å². The summed E-state index contributed by atoms with van der Waals surface area (Å²) in [5.41, 5.74) is 3.64. The predicted octanol–water partition coefficient (Wildman–Crippen LogP) is 5.59. The molecule has 2 atom stereocenters. The molecule has 32 heavy (non-hydrogen) atoms. The highest BCUT2D eigenvalue weighted by molar-refractivity contribution is 7.79. The molecule has 2 aliphatic rings. The van der Waals surface area contributed by atoms with Crippen molar-refractivity contribution in [3.05, 3.63) is 101 Å². The van der Waals surface area contributed by atoms with E-state index in [-0.39, 0.29) is 11.9 Å². The zero-order chi connectivity index (χ0) is 22.0. The third-order valence-electron chi connectivity index (χ3n) is 6.27. The molecule has 5 rings (SSSR count). The van der Waals surface area contributed by atoms with Gasteiger partial charge >= 0.3 is 0 Å². The molecular formula is C27H25FN2OS. The Kier molecular flexibility index (Phi) is 5.96. The van der Waals surface area contributed by atoms with Gasteiger partial charge in [0.05, 0.1) is 36.2 Å². The fourth-order valence-corrected chi connectivity index (χ4v) is 4.71. The molecule has 2 unspecified atom stereocenters. The Morgan fingerprint density at radius 3 is 2.25 bits per heavy atom. The van der Waals surface area contributed by atoms with Crippen LogP contribution < -0.4 is 5.32 Å². The van der Waals surface area contributed by atoms with Gasteiger partial charge in [-0.25, -0.2) is 9.38 Å². The average molecular weight is 445 g/mol. The van der Waals surface area contributed by atoms with Crippen molar-refractivity contribution in [2.75, 3.05) is 13.2 Å². The lowest BCUT2D eigenvalue weighted by atomic mass is 9.83. The Morgan fingerprint density at radius 1 is 1.00 bits per heavy atom. The van der Waals surface area contributed by atoms with E-state index in [4.69, 9.17) is 21.9 Å². The van der Waals surface area contributed by atoms with Gasteiger partial charge in [-0.05, 0) is 42.3 Å². The smallest absolute Gasteiger partial charge is 0.128 e. The van der Waals surface area contributed by atoms with Crippen molar-refractivity contribution in [2.24, 2.45) is 10.9 Å². The SMILES string of the molecule is Fc1ccc(N=C(c2ccccc2)c2ccccc2)cc1C1(C2CC2)COCC(C=S)N1. The minimum absolute atomic E-state index is 0.0740. The van der Waals surface area contributed by atoms with E-state index in [1.807, 2.05) is 66.7 Å². The molecule has 1 saturated carbocycles. The van der Waals surface area contributed by atoms with Crippen molar-refractivity contribution in [1.29, 1.82) is 0 Å². The van der Waals surface area contributed by atoms with E-state index in [0.29, 0.717) is 24.7 Å². The summed E-state index contributed by atoms with van der Waals surface area (Å²) in [6, 6.07) is 25.2. The molecule has 1 aliphatic heterocycles. The first-order chi connectivity index (χ1) is 15.7. The molecule has 5 heteroatoms. The summed E-state index contributed by atoms with van der Waals surface area (Å²) in [5.74, 6) is 0.0923. The van der Waals surface area contributed by atoms with Crippen LogP contribution in [0.2, 0.25) is 0 Å². The van der Waals surface area contributed by atoms with Crippen molar-refractivity contribution in [3.8, 4) is 0 Å². The van der Waals surface area contributed by atoms with Gasteiger partial charge in [0.2, 0.25) is 0 Å². The van der Waals surface area contributed by atoms with Gasteiger partial charge < -0.3 is 4.74 Å². The topological polar surface area (TPSA) is 33.6 Å². The number of nitrogens with zero attached hydrogens (tertiary/aromatic N) is 1. The van der Waals surface area contributed by atoms with E-state index >= 15 is 4.39 Å². The molecular weight excluding hydrogens is 419 g/mol.